The van der Waals surface area contributed by atoms with Gasteiger partial charge in [0.25, 0.3) is 0 Å². The third-order valence-corrected chi connectivity index (χ3v) is 2.38. The normalized spacial score (nSPS) is 19.9. The molecule has 5 nitrogen and oxygen atoms in total. The number of furan rings is 1. The van der Waals surface area contributed by atoms with Gasteiger partial charge >= 0.3 is 5.97 Å². The van der Waals surface area contributed by atoms with Crippen molar-refractivity contribution in [3.63, 3.8) is 0 Å². The van der Waals surface area contributed by atoms with Gasteiger partial charge in [-0.2, -0.15) is 5.48 Å². The van der Waals surface area contributed by atoms with E-state index in [1.54, 1.807) is 6.08 Å². The summed E-state index contributed by atoms with van der Waals surface area (Å²) in [6.45, 7) is 2.92. The molecular weight excluding hydrogens is 222 g/mol. The Bertz CT molecular complexity index is 404. The predicted octanol–water partition coefficient (Wildman–Crippen LogP) is 1.30. The second-order valence-corrected chi connectivity index (χ2v) is 3.71. The molecule has 0 spiro atoms. The maximum Gasteiger partial charge on any atom is 0.331 e. The van der Waals surface area contributed by atoms with Crippen molar-refractivity contribution in [1.29, 1.82) is 0 Å². The zero-order chi connectivity index (χ0) is 12.1. The SMILES string of the molecule is CCc1ccc(C=CC(=O)O[C@H]2CNOC2)o1. The Morgan fingerprint density at radius 3 is 3.18 bits per heavy atom. The first-order valence-corrected chi connectivity index (χ1v) is 5.60. The highest BCUT2D eigenvalue weighted by molar-refractivity contribution is 5.86. The van der Waals surface area contributed by atoms with Crippen molar-refractivity contribution >= 4 is 12.0 Å². The van der Waals surface area contributed by atoms with Gasteiger partial charge < -0.3 is 9.15 Å². The molecule has 0 radical (unpaired) electrons. The van der Waals surface area contributed by atoms with Crippen LogP contribution in [0.5, 0.6) is 0 Å². The fraction of sp³-hybridized carbons (Fsp3) is 0.417. The molecule has 1 aliphatic rings. The van der Waals surface area contributed by atoms with Crippen LogP contribution in [-0.2, 0) is 20.8 Å². The molecule has 0 bridgehead atoms. The van der Waals surface area contributed by atoms with Crippen LogP contribution < -0.4 is 5.48 Å². The number of aryl methyl sites for hydroxylation is 1. The second-order valence-electron chi connectivity index (χ2n) is 3.71. The maximum atomic E-state index is 11.4. The van der Waals surface area contributed by atoms with Gasteiger partial charge in [0.15, 0.2) is 0 Å². The minimum Gasteiger partial charge on any atom is -0.462 e. The molecule has 0 aromatic carbocycles. The quantitative estimate of drug-likeness (QED) is 0.631. The smallest absolute Gasteiger partial charge is 0.331 e. The third kappa shape index (κ3) is 3.44. The molecule has 1 aliphatic heterocycles. The van der Waals surface area contributed by atoms with Gasteiger partial charge in [0, 0.05) is 12.5 Å². The molecule has 17 heavy (non-hydrogen) atoms. The van der Waals surface area contributed by atoms with Gasteiger partial charge in [0.05, 0.1) is 6.54 Å². The van der Waals surface area contributed by atoms with Crippen LogP contribution in [0.3, 0.4) is 0 Å². The second kappa shape index (κ2) is 5.65. The van der Waals surface area contributed by atoms with Crippen LogP contribution >= 0.6 is 0 Å². The molecule has 2 rings (SSSR count). The van der Waals surface area contributed by atoms with E-state index in [2.05, 4.69) is 5.48 Å². The number of hydrogen-bond donors (Lipinski definition) is 1. The van der Waals surface area contributed by atoms with Crippen LogP contribution in [0.25, 0.3) is 6.08 Å². The van der Waals surface area contributed by atoms with Crippen molar-refractivity contribution in [2.24, 2.45) is 0 Å². The molecule has 1 saturated heterocycles. The molecule has 0 amide bonds. The van der Waals surface area contributed by atoms with E-state index in [0.29, 0.717) is 18.9 Å². The Morgan fingerprint density at radius 2 is 2.53 bits per heavy atom. The highest BCUT2D eigenvalue weighted by Gasteiger charge is 2.18. The first-order chi connectivity index (χ1) is 8.28. The Labute approximate surface area is 99.3 Å². The highest BCUT2D eigenvalue weighted by Crippen LogP contribution is 2.10. The van der Waals surface area contributed by atoms with Crippen LogP contribution in [0, 0.1) is 0 Å². The summed E-state index contributed by atoms with van der Waals surface area (Å²) in [5, 5.41) is 0. The fourth-order valence-electron chi connectivity index (χ4n) is 1.47. The maximum absolute atomic E-state index is 11.4. The van der Waals surface area contributed by atoms with Crippen LogP contribution in [0.1, 0.15) is 18.4 Å². The number of hydroxylamine groups is 1. The number of nitrogens with one attached hydrogen (secondary N) is 1. The fourth-order valence-corrected chi connectivity index (χ4v) is 1.47. The third-order valence-electron chi connectivity index (χ3n) is 2.38. The molecular formula is C12H15NO4. The Morgan fingerprint density at radius 1 is 1.65 bits per heavy atom. The summed E-state index contributed by atoms with van der Waals surface area (Å²) >= 11 is 0. The van der Waals surface area contributed by atoms with Gasteiger partial charge in [0.2, 0.25) is 0 Å². The lowest BCUT2D eigenvalue weighted by molar-refractivity contribution is -0.142. The van der Waals surface area contributed by atoms with E-state index >= 15 is 0 Å². The lowest BCUT2D eigenvalue weighted by atomic mass is 10.3. The van der Waals surface area contributed by atoms with E-state index in [0.717, 1.165) is 12.2 Å². The molecule has 1 aromatic heterocycles. The number of esters is 1. The van der Waals surface area contributed by atoms with Crippen LogP contribution in [-0.4, -0.2) is 25.2 Å². The van der Waals surface area contributed by atoms with E-state index in [-0.39, 0.29) is 6.10 Å². The Kier molecular flexibility index (Phi) is 3.95. The lowest BCUT2D eigenvalue weighted by Gasteiger charge is -2.05. The first-order valence-electron chi connectivity index (χ1n) is 5.60. The molecule has 0 aliphatic carbocycles. The highest BCUT2D eigenvalue weighted by atomic mass is 16.7. The topological polar surface area (TPSA) is 60.7 Å². The standard InChI is InChI=1S/C12H15NO4/c1-2-9-3-4-10(16-9)5-6-12(14)17-11-7-13-15-8-11/h3-6,11,13H,2,7-8H2,1H3/t11-/m0/s1. The van der Waals surface area contributed by atoms with Crippen LogP contribution in [0.2, 0.25) is 0 Å². The number of carbonyl (C=O) groups is 1. The van der Waals surface area contributed by atoms with Gasteiger partial charge in [-0.1, -0.05) is 6.92 Å². The van der Waals surface area contributed by atoms with E-state index in [9.17, 15) is 4.79 Å². The number of ether oxygens (including phenoxy) is 1. The van der Waals surface area contributed by atoms with Crippen LogP contribution in [0.15, 0.2) is 22.6 Å². The molecule has 2 heterocycles. The molecule has 0 saturated carbocycles. The largest absolute Gasteiger partial charge is 0.462 e. The number of hydrogen-bond acceptors (Lipinski definition) is 5. The van der Waals surface area contributed by atoms with Crippen molar-refractivity contribution in [2.75, 3.05) is 13.2 Å². The van der Waals surface area contributed by atoms with Gasteiger partial charge in [-0.05, 0) is 18.2 Å². The zero-order valence-corrected chi connectivity index (χ0v) is 9.64. The summed E-state index contributed by atoms with van der Waals surface area (Å²) in [4.78, 5) is 16.3. The Balaban J connectivity index is 1.84. The number of rotatable bonds is 4. The number of carbonyl (C=O) groups excluding carboxylic acids is 1. The summed E-state index contributed by atoms with van der Waals surface area (Å²) in [6.07, 6.45) is 3.58. The van der Waals surface area contributed by atoms with E-state index in [4.69, 9.17) is 14.0 Å². The summed E-state index contributed by atoms with van der Waals surface area (Å²) in [5.41, 5.74) is 2.64. The van der Waals surface area contributed by atoms with Gasteiger partial charge in [-0.15, -0.1) is 0 Å². The Hall–Kier alpha value is -1.59. The minimum atomic E-state index is -0.392. The average molecular weight is 237 g/mol. The van der Waals surface area contributed by atoms with Crippen molar-refractivity contribution in [3.8, 4) is 0 Å². The summed E-state index contributed by atoms with van der Waals surface area (Å²) in [7, 11) is 0. The summed E-state index contributed by atoms with van der Waals surface area (Å²) in [5.74, 6) is 1.16. The predicted molar refractivity (Wildman–Crippen MR) is 61.0 cm³/mol. The summed E-state index contributed by atoms with van der Waals surface area (Å²) < 4.78 is 10.5. The van der Waals surface area contributed by atoms with Gasteiger partial charge in [-0.25, -0.2) is 4.79 Å². The molecule has 0 unspecified atom stereocenters. The molecule has 1 N–H and O–H groups in total. The minimum absolute atomic E-state index is 0.213. The van der Waals surface area contributed by atoms with Gasteiger partial charge in [0.1, 0.15) is 24.2 Å². The van der Waals surface area contributed by atoms with Crippen molar-refractivity contribution in [3.05, 3.63) is 29.7 Å². The van der Waals surface area contributed by atoms with Crippen molar-refractivity contribution in [2.45, 2.75) is 19.4 Å². The molecule has 1 atom stereocenters. The first kappa shape index (κ1) is 11.9. The van der Waals surface area contributed by atoms with Crippen LogP contribution in [0.4, 0.5) is 0 Å². The average Bonchev–Trinajstić information content (AvgIpc) is 2.96. The molecule has 1 fully saturated rings. The molecule has 1 aromatic rings. The van der Waals surface area contributed by atoms with E-state index < -0.39 is 5.97 Å². The van der Waals surface area contributed by atoms with Crippen molar-refractivity contribution < 1.29 is 18.8 Å². The monoisotopic (exact) mass is 237 g/mol. The molecule has 92 valence electrons. The lowest BCUT2D eigenvalue weighted by Crippen LogP contribution is -2.21. The zero-order valence-electron chi connectivity index (χ0n) is 9.64. The van der Waals surface area contributed by atoms with Crippen molar-refractivity contribution in [1.82, 2.24) is 5.48 Å². The van der Waals surface area contributed by atoms with E-state index in [1.807, 2.05) is 19.1 Å². The summed E-state index contributed by atoms with van der Waals surface area (Å²) in [6, 6.07) is 3.71. The van der Waals surface area contributed by atoms with E-state index in [1.165, 1.54) is 6.08 Å². The molecule has 5 heteroatoms. The van der Waals surface area contributed by atoms with Gasteiger partial charge in [-0.3, -0.25) is 4.84 Å².